The maximum absolute atomic E-state index is 12.6. The highest BCUT2D eigenvalue weighted by Gasteiger charge is 2.12. The normalized spacial score (nSPS) is 9.92. The summed E-state index contributed by atoms with van der Waals surface area (Å²) in [5.41, 5.74) is 0.215. The van der Waals surface area contributed by atoms with Crippen LogP contribution in [0.15, 0.2) is 10.5 Å². The lowest BCUT2D eigenvalue weighted by Gasteiger charge is -2.01. The highest BCUT2D eigenvalue weighted by Crippen LogP contribution is 2.20. The molecule has 5 heteroatoms. The molecule has 1 rings (SSSR count). The van der Waals surface area contributed by atoms with Crippen LogP contribution in [0.5, 0.6) is 0 Å². The van der Waals surface area contributed by atoms with Gasteiger partial charge in [0, 0.05) is 6.07 Å². The highest BCUT2D eigenvalue weighted by molar-refractivity contribution is 9.10. The van der Waals surface area contributed by atoms with Crippen molar-refractivity contribution in [1.29, 1.82) is 0 Å². The summed E-state index contributed by atoms with van der Waals surface area (Å²) in [6.45, 7) is 1.53. The Hall–Kier alpha value is -0.970. The van der Waals surface area contributed by atoms with Gasteiger partial charge in [-0.1, -0.05) is 0 Å². The van der Waals surface area contributed by atoms with Crippen LogP contribution in [0.3, 0.4) is 0 Å². The fourth-order valence-electron chi connectivity index (χ4n) is 0.775. The first-order chi connectivity index (χ1) is 5.52. The number of carboxylic acid groups (broad SMARTS) is 1. The first-order valence-electron chi connectivity index (χ1n) is 3.08. The Morgan fingerprint density at radius 3 is 2.83 bits per heavy atom. The molecule has 0 aliphatic carbocycles. The van der Waals surface area contributed by atoms with Gasteiger partial charge in [-0.05, 0) is 22.9 Å². The molecule has 0 saturated carbocycles. The molecule has 0 fully saturated rings. The minimum atomic E-state index is -1.17. The molecule has 0 saturated heterocycles. The van der Waals surface area contributed by atoms with E-state index in [1.165, 1.54) is 6.92 Å². The van der Waals surface area contributed by atoms with Gasteiger partial charge in [-0.25, -0.2) is 9.78 Å². The van der Waals surface area contributed by atoms with E-state index in [0.29, 0.717) is 10.2 Å². The molecule has 1 aromatic rings. The summed E-state index contributed by atoms with van der Waals surface area (Å²) >= 11 is 3.00. The molecule has 0 radical (unpaired) electrons. The zero-order valence-electron chi connectivity index (χ0n) is 6.14. The van der Waals surface area contributed by atoms with Gasteiger partial charge >= 0.3 is 5.97 Å². The largest absolute Gasteiger partial charge is 0.478 e. The van der Waals surface area contributed by atoms with Gasteiger partial charge in [0.1, 0.15) is 0 Å². The molecule has 0 aromatic carbocycles. The minimum Gasteiger partial charge on any atom is -0.478 e. The molecule has 0 aliphatic heterocycles. The van der Waals surface area contributed by atoms with Crippen LogP contribution >= 0.6 is 15.9 Å². The van der Waals surface area contributed by atoms with Crippen LogP contribution < -0.4 is 0 Å². The van der Waals surface area contributed by atoms with Crippen LogP contribution in [0, 0.1) is 12.9 Å². The maximum Gasteiger partial charge on any atom is 0.337 e. The van der Waals surface area contributed by atoms with Crippen molar-refractivity contribution in [2.75, 3.05) is 0 Å². The van der Waals surface area contributed by atoms with E-state index in [1.807, 2.05) is 0 Å². The van der Waals surface area contributed by atoms with Crippen molar-refractivity contribution >= 4 is 21.9 Å². The molecule has 1 heterocycles. The quantitative estimate of drug-likeness (QED) is 0.756. The van der Waals surface area contributed by atoms with Crippen molar-refractivity contribution < 1.29 is 14.3 Å². The van der Waals surface area contributed by atoms with Gasteiger partial charge in [0.05, 0.1) is 15.7 Å². The molecular weight excluding hydrogens is 229 g/mol. The van der Waals surface area contributed by atoms with Crippen LogP contribution in [-0.2, 0) is 0 Å². The molecule has 1 N–H and O–H groups in total. The third-order valence-corrected chi connectivity index (χ3v) is 2.32. The number of aryl methyl sites for hydroxylation is 1. The third kappa shape index (κ3) is 1.61. The molecule has 64 valence electrons. The number of pyridine rings is 1. The van der Waals surface area contributed by atoms with Gasteiger partial charge in [0.15, 0.2) is 0 Å². The molecule has 0 unspecified atom stereocenters. The van der Waals surface area contributed by atoms with Crippen molar-refractivity contribution in [3.63, 3.8) is 0 Å². The van der Waals surface area contributed by atoms with E-state index in [9.17, 15) is 9.18 Å². The molecule has 3 nitrogen and oxygen atoms in total. The van der Waals surface area contributed by atoms with Gasteiger partial charge < -0.3 is 5.11 Å². The van der Waals surface area contributed by atoms with Crippen molar-refractivity contribution in [2.45, 2.75) is 6.92 Å². The maximum atomic E-state index is 12.6. The topological polar surface area (TPSA) is 50.2 Å². The number of rotatable bonds is 1. The van der Waals surface area contributed by atoms with E-state index in [1.54, 1.807) is 0 Å². The summed E-state index contributed by atoms with van der Waals surface area (Å²) in [6, 6.07) is 0.874. The molecule has 1 aromatic heterocycles. The standard InChI is InChI=1S/C7H5BrFNO2/c1-3-6(8)4(7(11)12)2-5(9)10-3/h2H,1H3,(H,11,12). The van der Waals surface area contributed by atoms with Crippen LogP contribution in [-0.4, -0.2) is 16.1 Å². The van der Waals surface area contributed by atoms with Crippen molar-refractivity contribution in [2.24, 2.45) is 0 Å². The van der Waals surface area contributed by atoms with E-state index >= 15 is 0 Å². The Morgan fingerprint density at radius 2 is 2.33 bits per heavy atom. The van der Waals surface area contributed by atoms with E-state index < -0.39 is 11.9 Å². The smallest absolute Gasteiger partial charge is 0.337 e. The van der Waals surface area contributed by atoms with E-state index in [0.717, 1.165) is 6.07 Å². The second-order valence-electron chi connectivity index (χ2n) is 2.20. The molecule has 0 bridgehead atoms. The number of aromatic nitrogens is 1. The third-order valence-electron chi connectivity index (χ3n) is 1.32. The van der Waals surface area contributed by atoms with Crippen LogP contribution in [0.2, 0.25) is 0 Å². The number of nitrogens with zero attached hydrogens (tertiary/aromatic N) is 1. The first kappa shape index (κ1) is 9.12. The molecule has 12 heavy (non-hydrogen) atoms. The molecule has 0 amide bonds. The van der Waals surface area contributed by atoms with Gasteiger partial charge in [-0.15, -0.1) is 0 Å². The molecular formula is C7H5BrFNO2. The number of carboxylic acids is 1. The summed E-state index contributed by atoms with van der Waals surface area (Å²) in [7, 11) is 0. The lowest BCUT2D eigenvalue weighted by Crippen LogP contribution is -2.02. The Bertz CT molecular complexity index is 340. The predicted octanol–water partition coefficient (Wildman–Crippen LogP) is 1.99. The monoisotopic (exact) mass is 233 g/mol. The zero-order chi connectivity index (χ0) is 9.30. The average Bonchev–Trinajstić information content (AvgIpc) is 1.96. The Labute approximate surface area is 76.4 Å². The first-order valence-corrected chi connectivity index (χ1v) is 3.87. The fourth-order valence-corrected chi connectivity index (χ4v) is 1.15. The van der Waals surface area contributed by atoms with Gasteiger partial charge in [-0.2, -0.15) is 4.39 Å². The lowest BCUT2D eigenvalue weighted by atomic mass is 10.2. The molecule has 0 spiro atoms. The van der Waals surface area contributed by atoms with E-state index in [-0.39, 0.29) is 5.56 Å². The van der Waals surface area contributed by atoms with Gasteiger partial charge in [0.25, 0.3) is 0 Å². The fraction of sp³-hybridized carbons (Fsp3) is 0.143. The van der Waals surface area contributed by atoms with Crippen molar-refractivity contribution in [3.05, 3.63) is 27.7 Å². The summed E-state index contributed by atoms with van der Waals surface area (Å²) in [5.74, 6) is -1.96. The van der Waals surface area contributed by atoms with E-state index in [2.05, 4.69) is 20.9 Å². The number of halogens is 2. The second-order valence-corrected chi connectivity index (χ2v) is 2.99. The summed E-state index contributed by atoms with van der Waals surface area (Å²) in [5, 5.41) is 8.59. The predicted molar refractivity (Wildman–Crippen MR) is 43.6 cm³/mol. The Kier molecular flexibility index (Phi) is 2.42. The van der Waals surface area contributed by atoms with Gasteiger partial charge in [-0.3, -0.25) is 0 Å². The average molecular weight is 234 g/mol. The number of hydrogen-bond acceptors (Lipinski definition) is 2. The highest BCUT2D eigenvalue weighted by atomic mass is 79.9. The summed E-state index contributed by atoms with van der Waals surface area (Å²) in [6.07, 6.45) is 0. The molecule has 0 aliphatic rings. The van der Waals surface area contributed by atoms with E-state index in [4.69, 9.17) is 5.11 Å². The number of hydrogen-bond donors (Lipinski definition) is 1. The summed E-state index contributed by atoms with van der Waals surface area (Å²) < 4.78 is 12.9. The zero-order valence-corrected chi connectivity index (χ0v) is 7.72. The van der Waals surface area contributed by atoms with Crippen LogP contribution in [0.25, 0.3) is 0 Å². The Morgan fingerprint density at radius 1 is 1.75 bits per heavy atom. The Balaban J connectivity index is 3.37. The molecule has 0 atom stereocenters. The van der Waals surface area contributed by atoms with Crippen molar-refractivity contribution in [3.8, 4) is 0 Å². The summed E-state index contributed by atoms with van der Waals surface area (Å²) in [4.78, 5) is 13.9. The van der Waals surface area contributed by atoms with Crippen molar-refractivity contribution in [1.82, 2.24) is 4.98 Å². The second kappa shape index (κ2) is 3.18. The number of aromatic carboxylic acids is 1. The van der Waals surface area contributed by atoms with Gasteiger partial charge in [0.2, 0.25) is 5.95 Å². The van der Waals surface area contributed by atoms with Crippen LogP contribution in [0.4, 0.5) is 4.39 Å². The van der Waals surface area contributed by atoms with Crippen LogP contribution in [0.1, 0.15) is 16.1 Å². The number of carbonyl (C=O) groups is 1. The lowest BCUT2D eigenvalue weighted by molar-refractivity contribution is 0.0695. The minimum absolute atomic E-state index is 0.111. The SMILES string of the molecule is Cc1nc(F)cc(C(=O)O)c1Br.